The fraction of sp³-hybridized carbons (Fsp3) is 1.00. The highest BCUT2D eigenvalue weighted by atomic mass is 15.2. The molecule has 0 radical (unpaired) electrons. The van der Waals surface area contributed by atoms with E-state index >= 15 is 0 Å². The normalized spacial score (nSPS) is 23.8. The predicted octanol–water partition coefficient (Wildman–Crippen LogP) is 3.42. The van der Waals surface area contributed by atoms with Gasteiger partial charge in [-0.3, -0.25) is 4.90 Å². The summed E-state index contributed by atoms with van der Waals surface area (Å²) in [5.41, 5.74) is 0. The highest BCUT2D eigenvalue weighted by Crippen LogP contribution is 2.20. The monoisotopic (exact) mass is 240 g/mol. The first-order valence-electron chi connectivity index (χ1n) is 7.79. The number of nitrogens with zero attached hydrogens (tertiary/aromatic N) is 1. The standard InChI is InChI=1S/C15H32N2/c1-4-9-14(16-11-5-2)13-17-12-8-7-10-15(17)6-3/h14-16H,4-13H2,1-3H3. The Morgan fingerprint density at radius 2 is 2.00 bits per heavy atom. The zero-order valence-electron chi connectivity index (χ0n) is 12.2. The quantitative estimate of drug-likeness (QED) is 0.699. The minimum atomic E-state index is 0.715. The van der Waals surface area contributed by atoms with Crippen molar-refractivity contribution in [1.29, 1.82) is 0 Å². The van der Waals surface area contributed by atoms with Crippen molar-refractivity contribution >= 4 is 0 Å². The molecule has 1 fully saturated rings. The van der Waals surface area contributed by atoms with Gasteiger partial charge in [-0.25, -0.2) is 0 Å². The van der Waals surface area contributed by atoms with Gasteiger partial charge in [-0.2, -0.15) is 0 Å². The first-order valence-corrected chi connectivity index (χ1v) is 7.79. The van der Waals surface area contributed by atoms with Crippen molar-refractivity contribution < 1.29 is 0 Å². The molecule has 1 saturated heterocycles. The molecule has 102 valence electrons. The molecule has 2 unspecified atom stereocenters. The van der Waals surface area contributed by atoms with Gasteiger partial charge in [0.2, 0.25) is 0 Å². The van der Waals surface area contributed by atoms with E-state index < -0.39 is 0 Å². The Labute approximate surface area is 108 Å². The molecule has 1 heterocycles. The van der Waals surface area contributed by atoms with Gasteiger partial charge in [0.15, 0.2) is 0 Å². The summed E-state index contributed by atoms with van der Waals surface area (Å²) in [5, 5.41) is 3.72. The van der Waals surface area contributed by atoms with Crippen LogP contribution in [0.2, 0.25) is 0 Å². The third-order valence-electron chi connectivity index (χ3n) is 4.00. The maximum absolute atomic E-state index is 3.72. The Balaban J connectivity index is 2.39. The van der Waals surface area contributed by atoms with Crippen molar-refractivity contribution in [2.45, 2.75) is 77.8 Å². The van der Waals surface area contributed by atoms with Crippen LogP contribution in [0.4, 0.5) is 0 Å². The van der Waals surface area contributed by atoms with Gasteiger partial charge >= 0.3 is 0 Å². The Kier molecular flexibility index (Phi) is 7.87. The lowest BCUT2D eigenvalue weighted by Gasteiger charge is -2.37. The van der Waals surface area contributed by atoms with Crippen LogP contribution in [0.1, 0.15) is 65.7 Å². The van der Waals surface area contributed by atoms with Gasteiger partial charge in [0, 0.05) is 18.6 Å². The topological polar surface area (TPSA) is 15.3 Å². The van der Waals surface area contributed by atoms with Crippen molar-refractivity contribution in [1.82, 2.24) is 10.2 Å². The number of likely N-dealkylation sites (tertiary alicyclic amines) is 1. The van der Waals surface area contributed by atoms with E-state index in [2.05, 4.69) is 31.0 Å². The predicted molar refractivity (Wildman–Crippen MR) is 76.5 cm³/mol. The van der Waals surface area contributed by atoms with Crippen molar-refractivity contribution in [3.8, 4) is 0 Å². The van der Waals surface area contributed by atoms with Crippen LogP contribution < -0.4 is 5.32 Å². The Hall–Kier alpha value is -0.0800. The van der Waals surface area contributed by atoms with E-state index in [0.29, 0.717) is 6.04 Å². The summed E-state index contributed by atoms with van der Waals surface area (Å²) < 4.78 is 0. The van der Waals surface area contributed by atoms with E-state index in [1.807, 2.05) is 0 Å². The molecular formula is C15H32N2. The van der Waals surface area contributed by atoms with Crippen LogP contribution in [-0.2, 0) is 0 Å². The smallest absolute Gasteiger partial charge is 0.0195 e. The molecule has 2 nitrogen and oxygen atoms in total. The highest BCUT2D eigenvalue weighted by molar-refractivity contribution is 4.80. The molecule has 17 heavy (non-hydrogen) atoms. The van der Waals surface area contributed by atoms with Gasteiger partial charge < -0.3 is 5.32 Å². The highest BCUT2D eigenvalue weighted by Gasteiger charge is 2.22. The molecule has 1 rings (SSSR count). The van der Waals surface area contributed by atoms with Gasteiger partial charge in [-0.15, -0.1) is 0 Å². The summed E-state index contributed by atoms with van der Waals surface area (Å²) in [6.07, 6.45) is 9.46. The second-order valence-corrected chi connectivity index (χ2v) is 5.49. The summed E-state index contributed by atoms with van der Waals surface area (Å²) in [6, 6.07) is 1.57. The zero-order valence-corrected chi connectivity index (χ0v) is 12.2. The SMILES string of the molecule is CCCNC(CCC)CN1CCCCC1CC. The minimum absolute atomic E-state index is 0.715. The van der Waals surface area contributed by atoms with E-state index in [0.717, 1.165) is 6.04 Å². The molecule has 0 aromatic rings. The van der Waals surface area contributed by atoms with Crippen LogP contribution in [0.15, 0.2) is 0 Å². The Morgan fingerprint density at radius 1 is 1.18 bits per heavy atom. The lowest BCUT2D eigenvalue weighted by Crippen LogP contribution is -2.47. The number of hydrogen-bond acceptors (Lipinski definition) is 2. The molecule has 1 N–H and O–H groups in total. The van der Waals surface area contributed by atoms with Gasteiger partial charge in [0.1, 0.15) is 0 Å². The summed E-state index contributed by atoms with van der Waals surface area (Å²) in [7, 11) is 0. The Morgan fingerprint density at radius 3 is 2.65 bits per heavy atom. The van der Waals surface area contributed by atoms with Crippen LogP contribution in [-0.4, -0.2) is 36.6 Å². The summed E-state index contributed by atoms with van der Waals surface area (Å²) in [6.45, 7) is 10.7. The third kappa shape index (κ3) is 5.39. The lowest BCUT2D eigenvalue weighted by molar-refractivity contribution is 0.127. The average molecular weight is 240 g/mol. The van der Waals surface area contributed by atoms with Crippen LogP contribution in [0, 0.1) is 0 Å². The second-order valence-electron chi connectivity index (χ2n) is 5.49. The number of nitrogens with one attached hydrogen (secondary N) is 1. The molecular weight excluding hydrogens is 208 g/mol. The van der Waals surface area contributed by atoms with E-state index in [9.17, 15) is 0 Å². The molecule has 1 aliphatic heterocycles. The van der Waals surface area contributed by atoms with Gasteiger partial charge in [0.25, 0.3) is 0 Å². The molecule has 0 amide bonds. The van der Waals surface area contributed by atoms with E-state index in [1.165, 1.54) is 64.6 Å². The van der Waals surface area contributed by atoms with E-state index in [-0.39, 0.29) is 0 Å². The van der Waals surface area contributed by atoms with E-state index in [1.54, 1.807) is 0 Å². The minimum Gasteiger partial charge on any atom is -0.313 e. The first-order chi connectivity index (χ1) is 8.31. The van der Waals surface area contributed by atoms with Crippen LogP contribution in [0.3, 0.4) is 0 Å². The molecule has 0 spiro atoms. The summed E-state index contributed by atoms with van der Waals surface area (Å²) >= 11 is 0. The molecule has 0 saturated carbocycles. The largest absolute Gasteiger partial charge is 0.313 e. The molecule has 0 aromatic heterocycles. The number of piperidine rings is 1. The molecule has 0 aromatic carbocycles. The summed E-state index contributed by atoms with van der Waals surface area (Å²) in [5.74, 6) is 0. The lowest BCUT2D eigenvalue weighted by atomic mass is 9.98. The molecule has 2 heteroatoms. The van der Waals surface area contributed by atoms with Gasteiger partial charge in [-0.1, -0.05) is 33.6 Å². The first kappa shape index (κ1) is 15.0. The summed E-state index contributed by atoms with van der Waals surface area (Å²) in [4.78, 5) is 2.74. The van der Waals surface area contributed by atoms with Crippen molar-refractivity contribution in [2.75, 3.05) is 19.6 Å². The van der Waals surface area contributed by atoms with Crippen molar-refractivity contribution in [3.63, 3.8) is 0 Å². The third-order valence-corrected chi connectivity index (χ3v) is 4.00. The Bertz CT molecular complexity index is 182. The van der Waals surface area contributed by atoms with Crippen LogP contribution in [0.5, 0.6) is 0 Å². The van der Waals surface area contributed by atoms with Crippen molar-refractivity contribution in [3.05, 3.63) is 0 Å². The molecule has 0 bridgehead atoms. The number of rotatable bonds is 8. The molecule has 0 aliphatic carbocycles. The second kappa shape index (κ2) is 8.93. The van der Waals surface area contributed by atoms with Gasteiger partial charge in [0.05, 0.1) is 0 Å². The molecule has 1 aliphatic rings. The maximum atomic E-state index is 3.72. The maximum Gasteiger partial charge on any atom is 0.0195 e. The molecule has 2 atom stereocenters. The fourth-order valence-electron chi connectivity index (χ4n) is 3.00. The van der Waals surface area contributed by atoms with Gasteiger partial charge in [-0.05, 0) is 45.2 Å². The van der Waals surface area contributed by atoms with Crippen LogP contribution >= 0.6 is 0 Å². The van der Waals surface area contributed by atoms with Crippen LogP contribution in [0.25, 0.3) is 0 Å². The van der Waals surface area contributed by atoms with Crippen molar-refractivity contribution in [2.24, 2.45) is 0 Å². The average Bonchev–Trinajstić information content (AvgIpc) is 2.37. The van der Waals surface area contributed by atoms with E-state index in [4.69, 9.17) is 0 Å². The zero-order chi connectivity index (χ0) is 12.5. The fourth-order valence-corrected chi connectivity index (χ4v) is 3.00. The number of hydrogen-bond donors (Lipinski definition) is 1.